The van der Waals surface area contributed by atoms with Crippen molar-refractivity contribution < 1.29 is 19.5 Å². The molecule has 1 saturated heterocycles. The number of nitrogens with zero attached hydrogens (tertiary/aromatic N) is 3. The van der Waals surface area contributed by atoms with Crippen LogP contribution in [0.4, 0.5) is 4.79 Å². The van der Waals surface area contributed by atoms with Crippen LogP contribution >= 0.6 is 0 Å². The van der Waals surface area contributed by atoms with Crippen LogP contribution in [0, 0.1) is 0 Å². The molecule has 1 aliphatic heterocycles. The van der Waals surface area contributed by atoms with E-state index in [-0.39, 0.29) is 5.91 Å². The van der Waals surface area contributed by atoms with Gasteiger partial charge in [0.1, 0.15) is 6.04 Å². The number of carboxylic acid groups (broad SMARTS) is 1. The highest BCUT2D eigenvalue weighted by molar-refractivity contribution is 5.89. The van der Waals surface area contributed by atoms with Crippen LogP contribution in [0.5, 0.6) is 0 Å². The van der Waals surface area contributed by atoms with E-state index >= 15 is 0 Å². The summed E-state index contributed by atoms with van der Waals surface area (Å²) in [5.74, 6) is -1.45. The highest BCUT2D eigenvalue weighted by Gasteiger charge is 2.32. The zero-order valence-corrected chi connectivity index (χ0v) is 11.7. The predicted octanol–water partition coefficient (Wildman–Crippen LogP) is -0.924. The molecular weight excluding hydrogens is 278 g/mol. The van der Waals surface area contributed by atoms with Crippen LogP contribution in [-0.2, 0) is 16.6 Å². The summed E-state index contributed by atoms with van der Waals surface area (Å²) in [5.41, 5.74) is 0.368. The zero-order chi connectivity index (χ0) is 15.6. The molecule has 2 unspecified atom stereocenters. The van der Waals surface area contributed by atoms with Crippen LogP contribution in [0.1, 0.15) is 18.5 Å². The van der Waals surface area contributed by atoms with E-state index in [1.807, 2.05) is 0 Å². The van der Waals surface area contributed by atoms with Crippen LogP contribution in [0.15, 0.2) is 12.4 Å². The first kappa shape index (κ1) is 14.8. The van der Waals surface area contributed by atoms with Gasteiger partial charge < -0.3 is 20.6 Å². The predicted molar refractivity (Wildman–Crippen MR) is 71.3 cm³/mol. The number of hydrogen-bond acceptors (Lipinski definition) is 4. The Morgan fingerprint density at radius 2 is 2.29 bits per heavy atom. The summed E-state index contributed by atoms with van der Waals surface area (Å²) in [4.78, 5) is 36.4. The lowest BCUT2D eigenvalue weighted by Crippen LogP contribution is -2.58. The van der Waals surface area contributed by atoms with Crippen molar-refractivity contribution in [2.24, 2.45) is 7.05 Å². The quantitative estimate of drug-likeness (QED) is 0.666. The van der Waals surface area contributed by atoms with Gasteiger partial charge in [-0.15, -0.1) is 0 Å². The third-order valence-electron chi connectivity index (χ3n) is 3.33. The summed E-state index contributed by atoms with van der Waals surface area (Å²) in [6.45, 7) is 2.27. The Morgan fingerprint density at radius 3 is 2.86 bits per heavy atom. The minimum Gasteiger partial charge on any atom is -0.479 e. The molecule has 1 fully saturated rings. The maximum atomic E-state index is 12.2. The van der Waals surface area contributed by atoms with Crippen molar-refractivity contribution in [3.63, 3.8) is 0 Å². The molecule has 1 aliphatic rings. The van der Waals surface area contributed by atoms with Gasteiger partial charge in [0.25, 0.3) is 0 Å². The van der Waals surface area contributed by atoms with Crippen molar-refractivity contribution in [3.05, 3.63) is 18.0 Å². The fraction of sp³-hybridized carbons (Fsp3) is 0.500. The second kappa shape index (κ2) is 5.81. The number of hydrogen-bond donors (Lipinski definition) is 3. The third kappa shape index (κ3) is 3.12. The van der Waals surface area contributed by atoms with E-state index in [4.69, 9.17) is 0 Å². The molecule has 2 heterocycles. The van der Waals surface area contributed by atoms with Crippen molar-refractivity contribution in [2.75, 3.05) is 13.1 Å². The fourth-order valence-corrected chi connectivity index (χ4v) is 2.14. The number of nitrogens with one attached hydrogen (secondary N) is 2. The number of carbonyl (C=O) groups excluding carboxylic acids is 2. The lowest BCUT2D eigenvalue weighted by Gasteiger charge is -2.33. The molecule has 2 atom stereocenters. The maximum Gasteiger partial charge on any atom is 0.331 e. The first-order valence-corrected chi connectivity index (χ1v) is 6.46. The second-order valence-corrected chi connectivity index (χ2v) is 4.83. The molecule has 2 rings (SSSR count). The molecule has 0 aromatic carbocycles. The Balaban J connectivity index is 2.12. The van der Waals surface area contributed by atoms with E-state index in [1.54, 1.807) is 14.0 Å². The number of amides is 3. The highest BCUT2D eigenvalue weighted by Crippen LogP contribution is 2.14. The van der Waals surface area contributed by atoms with Gasteiger partial charge in [-0.2, -0.15) is 5.10 Å². The summed E-state index contributed by atoms with van der Waals surface area (Å²) < 4.78 is 1.45. The molecular formula is C12H17N5O4. The third-order valence-corrected chi connectivity index (χ3v) is 3.33. The number of aryl methyl sites for hydroxylation is 1. The molecule has 0 radical (unpaired) electrons. The average Bonchev–Trinajstić information content (AvgIpc) is 2.84. The first-order chi connectivity index (χ1) is 9.90. The van der Waals surface area contributed by atoms with Gasteiger partial charge in [0.15, 0.2) is 6.04 Å². The maximum absolute atomic E-state index is 12.2. The highest BCUT2D eigenvalue weighted by atomic mass is 16.4. The molecule has 0 saturated carbocycles. The minimum absolute atomic E-state index is 0.260. The molecule has 9 nitrogen and oxygen atoms in total. The van der Waals surface area contributed by atoms with Crippen LogP contribution in [0.3, 0.4) is 0 Å². The van der Waals surface area contributed by atoms with Gasteiger partial charge in [-0.3, -0.25) is 9.48 Å². The fourth-order valence-electron chi connectivity index (χ4n) is 2.14. The van der Waals surface area contributed by atoms with E-state index in [0.29, 0.717) is 18.7 Å². The molecule has 1 aromatic heterocycles. The number of rotatable bonds is 3. The number of carbonyl (C=O) groups is 3. The topological polar surface area (TPSA) is 117 Å². The summed E-state index contributed by atoms with van der Waals surface area (Å²) in [5, 5.41) is 18.2. The SMILES string of the molecule is CC1C(=O)NCCN1C(=O)NC(C(=O)O)c1cnn(C)c1. The Bertz CT molecular complexity index is 570. The molecule has 114 valence electrons. The van der Waals surface area contributed by atoms with Gasteiger partial charge in [0, 0.05) is 31.9 Å². The van der Waals surface area contributed by atoms with Gasteiger partial charge in [-0.25, -0.2) is 9.59 Å². The molecule has 21 heavy (non-hydrogen) atoms. The van der Waals surface area contributed by atoms with E-state index in [0.717, 1.165) is 0 Å². The van der Waals surface area contributed by atoms with Crippen LogP contribution in [-0.4, -0.2) is 56.8 Å². The number of urea groups is 1. The van der Waals surface area contributed by atoms with Gasteiger partial charge >= 0.3 is 12.0 Å². The van der Waals surface area contributed by atoms with Crippen molar-refractivity contribution in [1.29, 1.82) is 0 Å². The molecule has 3 amide bonds. The van der Waals surface area contributed by atoms with E-state index < -0.39 is 24.1 Å². The van der Waals surface area contributed by atoms with E-state index in [9.17, 15) is 19.5 Å². The Morgan fingerprint density at radius 1 is 1.57 bits per heavy atom. The Hall–Kier alpha value is -2.58. The Kier molecular flexibility index (Phi) is 4.10. The van der Waals surface area contributed by atoms with E-state index in [1.165, 1.54) is 22.0 Å². The number of piperazine rings is 1. The largest absolute Gasteiger partial charge is 0.479 e. The molecule has 9 heteroatoms. The number of aromatic nitrogens is 2. The monoisotopic (exact) mass is 295 g/mol. The second-order valence-electron chi connectivity index (χ2n) is 4.83. The summed E-state index contributed by atoms with van der Waals surface area (Å²) >= 11 is 0. The van der Waals surface area contributed by atoms with Crippen LogP contribution in [0.25, 0.3) is 0 Å². The number of carboxylic acids is 1. The lowest BCUT2D eigenvalue weighted by atomic mass is 10.1. The molecule has 0 spiro atoms. The van der Waals surface area contributed by atoms with Gasteiger partial charge in [0.05, 0.1) is 6.20 Å². The van der Waals surface area contributed by atoms with Crippen molar-refractivity contribution >= 4 is 17.9 Å². The van der Waals surface area contributed by atoms with E-state index in [2.05, 4.69) is 15.7 Å². The van der Waals surface area contributed by atoms with Crippen LogP contribution in [0.2, 0.25) is 0 Å². The smallest absolute Gasteiger partial charge is 0.331 e. The lowest BCUT2D eigenvalue weighted by molar-refractivity contribution is -0.139. The van der Waals surface area contributed by atoms with Crippen LogP contribution < -0.4 is 10.6 Å². The summed E-state index contributed by atoms with van der Waals surface area (Å²) in [6, 6.07) is -2.43. The molecule has 0 aliphatic carbocycles. The minimum atomic E-state index is -1.21. The van der Waals surface area contributed by atoms with Crippen molar-refractivity contribution in [1.82, 2.24) is 25.3 Å². The summed E-state index contributed by atoms with van der Waals surface area (Å²) in [7, 11) is 1.65. The standard InChI is InChI=1S/C12H17N5O4/c1-7-10(18)13-3-4-17(7)12(21)15-9(11(19)20)8-5-14-16(2)6-8/h5-7,9H,3-4H2,1-2H3,(H,13,18)(H,15,21)(H,19,20). The van der Waals surface area contributed by atoms with Crippen molar-refractivity contribution in [3.8, 4) is 0 Å². The number of aliphatic carboxylic acids is 1. The first-order valence-electron chi connectivity index (χ1n) is 6.46. The molecule has 0 bridgehead atoms. The summed E-state index contributed by atoms with van der Waals surface area (Å²) in [6.07, 6.45) is 2.90. The molecule has 1 aromatic rings. The average molecular weight is 295 g/mol. The Labute approximate surface area is 120 Å². The van der Waals surface area contributed by atoms with Crippen molar-refractivity contribution in [2.45, 2.75) is 19.0 Å². The van der Waals surface area contributed by atoms with Gasteiger partial charge in [-0.1, -0.05) is 0 Å². The molecule has 3 N–H and O–H groups in total. The van der Waals surface area contributed by atoms with Gasteiger partial charge in [0.2, 0.25) is 5.91 Å². The van der Waals surface area contributed by atoms with Gasteiger partial charge in [-0.05, 0) is 6.92 Å². The zero-order valence-electron chi connectivity index (χ0n) is 11.7. The normalized spacial score (nSPS) is 19.8.